The minimum Gasteiger partial charge on any atom is -0.473 e. The maximum Gasteiger partial charge on any atom is 0.261 e. The number of hydrogen-bond donors (Lipinski definition) is 2. The summed E-state index contributed by atoms with van der Waals surface area (Å²) in [6.45, 7) is 0. The Labute approximate surface area is 212 Å². The van der Waals surface area contributed by atoms with Crippen LogP contribution in [-0.4, -0.2) is 22.9 Å². The predicted octanol–water partition coefficient (Wildman–Crippen LogP) is 6.40. The fourth-order valence-corrected chi connectivity index (χ4v) is 4.74. The Kier molecular flexibility index (Phi) is 8.32. The molecule has 0 unspecified atom stereocenters. The molecule has 4 rings (SSSR count). The molecular formula is C25H23Cl2N3O3S. The number of nitrogens with one attached hydrogen (secondary N) is 2. The third-order valence-corrected chi connectivity index (χ3v) is 6.79. The highest BCUT2D eigenvalue weighted by atomic mass is 35.5. The van der Waals surface area contributed by atoms with Crippen molar-refractivity contribution in [3.05, 3.63) is 82.5 Å². The van der Waals surface area contributed by atoms with E-state index in [0.29, 0.717) is 40.0 Å². The summed E-state index contributed by atoms with van der Waals surface area (Å²) >= 11 is 13.3. The molecule has 3 aromatic rings. The van der Waals surface area contributed by atoms with Crippen molar-refractivity contribution in [2.75, 3.05) is 5.32 Å². The zero-order valence-electron chi connectivity index (χ0n) is 18.2. The topological polar surface area (TPSA) is 80.3 Å². The Morgan fingerprint density at radius 1 is 0.971 bits per heavy atom. The van der Waals surface area contributed by atoms with Crippen molar-refractivity contribution >= 4 is 52.7 Å². The zero-order chi connectivity index (χ0) is 23.9. The second kappa shape index (κ2) is 11.6. The first kappa shape index (κ1) is 24.4. The van der Waals surface area contributed by atoms with E-state index in [1.165, 1.54) is 18.1 Å². The van der Waals surface area contributed by atoms with E-state index in [-0.39, 0.29) is 23.8 Å². The number of anilines is 1. The Hall–Kier alpha value is -2.74. The van der Waals surface area contributed by atoms with Gasteiger partial charge in [0.25, 0.3) is 5.91 Å². The van der Waals surface area contributed by atoms with Gasteiger partial charge in [0.1, 0.15) is 11.1 Å². The number of aromatic nitrogens is 1. The van der Waals surface area contributed by atoms with Crippen LogP contribution in [0.1, 0.15) is 36.0 Å². The van der Waals surface area contributed by atoms with Gasteiger partial charge in [-0.05, 0) is 80.1 Å². The summed E-state index contributed by atoms with van der Waals surface area (Å²) in [5.74, 6) is 0.0438. The number of carbonyl (C=O) groups is 2. The van der Waals surface area contributed by atoms with Gasteiger partial charge in [0.2, 0.25) is 11.8 Å². The SMILES string of the molecule is O=C(NSc1ccccc1)c1ccc(NC(=O)C2CCC(Oc3ncc(Cl)cc3Cl)CC2)cc1. The van der Waals surface area contributed by atoms with Crippen molar-refractivity contribution < 1.29 is 14.3 Å². The number of pyridine rings is 1. The van der Waals surface area contributed by atoms with Gasteiger partial charge in [-0.2, -0.15) is 0 Å². The number of ether oxygens (including phenoxy) is 1. The monoisotopic (exact) mass is 515 g/mol. The minimum absolute atomic E-state index is 0.0297. The number of halogens is 2. The van der Waals surface area contributed by atoms with Crippen LogP contribution in [0.15, 0.2) is 71.8 Å². The standard InChI is InChI=1S/C25H23Cl2N3O3S/c26-18-14-22(27)25(28-15-18)33-20-12-8-16(9-13-20)23(31)29-19-10-6-17(7-11-19)24(32)30-34-21-4-2-1-3-5-21/h1-7,10-11,14-16,20H,8-9,12-13H2,(H,29,31)(H,30,32). The molecule has 2 N–H and O–H groups in total. The number of benzene rings is 2. The number of rotatable bonds is 7. The van der Waals surface area contributed by atoms with E-state index < -0.39 is 0 Å². The van der Waals surface area contributed by atoms with Crippen LogP contribution in [0.3, 0.4) is 0 Å². The zero-order valence-corrected chi connectivity index (χ0v) is 20.5. The molecule has 0 radical (unpaired) electrons. The maximum absolute atomic E-state index is 12.7. The number of hydrogen-bond acceptors (Lipinski definition) is 5. The van der Waals surface area contributed by atoms with Crippen LogP contribution in [-0.2, 0) is 4.79 Å². The van der Waals surface area contributed by atoms with Crippen molar-refractivity contribution in [1.29, 1.82) is 0 Å². The molecule has 0 bridgehead atoms. The lowest BCUT2D eigenvalue weighted by atomic mass is 9.86. The average molecular weight is 516 g/mol. The van der Waals surface area contributed by atoms with E-state index >= 15 is 0 Å². The molecule has 1 aliphatic carbocycles. The lowest BCUT2D eigenvalue weighted by Crippen LogP contribution is -2.31. The van der Waals surface area contributed by atoms with Crippen LogP contribution in [0, 0.1) is 5.92 Å². The van der Waals surface area contributed by atoms with Crippen LogP contribution >= 0.6 is 35.1 Å². The van der Waals surface area contributed by atoms with Gasteiger partial charge in [-0.3, -0.25) is 14.3 Å². The fourth-order valence-electron chi connectivity index (χ4n) is 3.69. The van der Waals surface area contributed by atoms with Crippen molar-refractivity contribution in [3.63, 3.8) is 0 Å². The normalized spacial score (nSPS) is 17.6. The van der Waals surface area contributed by atoms with Gasteiger partial charge in [-0.15, -0.1) is 0 Å². The van der Waals surface area contributed by atoms with E-state index in [2.05, 4.69) is 15.0 Å². The second-order valence-electron chi connectivity index (χ2n) is 7.94. The van der Waals surface area contributed by atoms with Crippen LogP contribution in [0.4, 0.5) is 5.69 Å². The highest BCUT2D eigenvalue weighted by Crippen LogP contribution is 2.31. The summed E-state index contributed by atoms with van der Waals surface area (Å²) in [5, 5.41) is 3.78. The number of carbonyl (C=O) groups excluding carboxylic acids is 2. The number of nitrogens with zero attached hydrogens (tertiary/aromatic N) is 1. The van der Waals surface area contributed by atoms with E-state index in [1.807, 2.05) is 30.3 Å². The largest absolute Gasteiger partial charge is 0.473 e. The van der Waals surface area contributed by atoms with Crippen molar-refractivity contribution in [2.24, 2.45) is 5.92 Å². The molecule has 1 saturated carbocycles. The molecule has 1 aromatic heterocycles. The van der Waals surface area contributed by atoms with Gasteiger partial charge >= 0.3 is 0 Å². The van der Waals surface area contributed by atoms with Crippen molar-refractivity contribution in [2.45, 2.75) is 36.7 Å². The molecule has 1 aliphatic rings. The lowest BCUT2D eigenvalue weighted by molar-refractivity contribution is -0.121. The fraction of sp³-hybridized carbons (Fsp3) is 0.240. The van der Waals surface area contributed by atoms with Gasteiger partial charge < -0.3 is 10.1 Å². The Balaban J connectivity index is 1.23. The smallest absolute Gasteiger partial charge is 0.261 e. The molecule has 2 amide bonds. The van der Waals surface area contributed by atoms with E-state index in [0.717, 1.165) is 17.7 Å². The van der Waals surface area contributed by atoms with Gasteiger partial charge in [0, 0.05) is 28.3 Å². The van der Waals surface area contributed by atoms with E-state index in [9.17, 15) is 9.59 Å². The summed E-state index contributed by atoms with van der Waals surface area (Å²) in [4.78, 5) is 30.2. The Morgan fingerprint density at radius 3 is 2.35 bits per heavy atom. The van der Waals surface area contributed by atoms with Gasteiger partial charge in [0.05, 0.1) is 5.02 Å². The van der Waals surface area contributed by atoms with Gasteiger partial charge in [0.15, 0.2) is 0 Å². The predicted molar refractivity (Wildman–Crippen MR) is 135 cm³/mol. The highest BCUT2D eigenvalue weighted by molar-refractivity contribution is 7.98. The summed E-state index contributed by atoms with van der Waals surface area (Å²) in [6.07, 6.45) is 4.34. The molecule has 0 aliphatic heterocycles. The molecule has 6 nitrogen and oxygen atoms in total. The Morgan fingerprint density at radius 2 is 1.68 bits per heavy atom. The third kappa shape index (κ3) is 6.65. The van der Waals surface area contributed by atoms with Crippen molar-refractivity contribution in [3.8, 4) is 5.88 Å². The first-order valence-corrected chi connectivity index (χ1v) is 12.5. The number of amides is 2. The van der Waals surface area contributed by atoms with Crippen LogP contribution in [0.25, 0.3) is 0 Å². The van der Waals surface area contributed by atoms with Gasteiger partial charge in [-0.25, -0.2) is 4.98 Å². The van der Waals surface area contributed by atoms with Crippen LogP contribution < -0.4 is 14.8 Å². The third-order valence-electron chi connectivity index (χ3n) is 5.52. The molecule has 0 saturated heterocycles. The molecule has 9 heteroatoms. The average Bonchev–Trinajstić information content (AvgIpc) is 2.86. The lowest BCUT2D eigenvalue weighted by Gasteiger charge is -2.28. The molecule has 2 aromatic carbocycles. The van der Waals surface area contributed by atoms with Crippen LogP contribution in [0.5, 0.6) is 5.88 Å². The van der Waals surface area contributed by atoms with E-state index in [1.54, 1.807) is 30.3 Å². The van der Waals surface area contributed by atoms with Crippen LogP contribution in [0.2, 0.25) is 10.0 Å². The van der Waals surface area contributed by atoms with Gasteiger partial charge in [-0.1, -0.05) is 41.4 Å². The molecule has 1 fully saturated rings. The minimum atomic E-state index is -0.194. The summed E-state index contributed by atoms with van der Waals surface area (Å²) in [5.41, 5.74) is 1.18. The molecule has 176 valence electrons. The molecule has 0 spiro atoms. The molecule has 1 heterocycles. The first-order chi connectivity index (χ1) is 16.5. The maximum atomic E-state index is 12.7. The summed E-state index contributed by atoms with van der Waals surface area (Å²) in [7, 11) is 0. The molecule has 0 atom stereocenters. The van der Waals surface area contributed by atoms with E-state index in [4.69, 9.17) is 27.9 Å². The highest BCUT2D eigenvalue weighted by Gasteiger charge is 2.28. The Bertz CT molecular complexity index is 1140. The molecular weight excluding hydrogens is 493 g/mol. The van der Waals surface area contributed by atoms with Crippen molar-refractivity contribution in [1.82, 2.24) is 9.71 Å². The second-order valence-corrected chi connectivity index (χ2v) is 9.67. The molecule has 34 heavy (non-hydrogen) atoms. The first-order valence-electron chi connectivity index (χ1n) is 10.9. The quantitative estimate of drug-likeness (QED) is 0.355. The summed E-state index contributed by atoms with van der Waals surface area (Å²) in [6, 6.07) is 18.1. The summed E-state index contributed by atoms with van der Waals surface area (Å²) < 4.78 is 8.71.